The van der Waals surface area contributed by atoms with Crippen LogP contribution < -0.4 is 5.32 Å². The van der Waals surface area contributed by atoms with Crippen LogP contribution >= 0.6 is 11.8 Å². The van der Waals surface area contributed by atoms with Crippen LogP contribution in [0.1, 0.15) is 5.82 Å². The van der Waals surface area contributed by atoms with E-state index in [9.17, 15) is 13.2 Å². The van der Waals surface area contributed by atoms with Gasteiger partial charge in [-0.3, -0.25) is 4.57 Å². The molecule has 0 aliphatic carbocycles. The molecule has 0 radical (unpaired) electrons. The van der Waals surface area contributed by atoms with Gasteiger partial charge in [-0.2, -0.15) is 13.2 Å². The molecule has 3 aromatic rings. The number of anilines is 1. The Morgan fingerprint density at radius 3 is 2.65 bits per heavy atom. The van der Waals surface area contributed by atoms with Crippen molar-refractivity contribution in [3.8, 4) is 5.69 Å². The van der Waals surface area contributed by atoms with E-state index in [1.807, 2.05) is 24.5 Å². The van der Waals surface area contributed by atoms with E-state index < -0.39 is 12.0 Å². The Bertz CT molecular complexity index is 859. The first-order valence-corrected chi connectivity index (χ1v) is 7.81. The lowest BCUT2D eigenvalue weighted by Gasteiger charge is -2.09. The maximum absolute atomic E-state index is 13.0. The molecule has 0 spiro atoms. The van der Waals surface area contributed by atoms with E-state index in [1.54, 1.807) is 17.8 Å². The smallest absolute Gasteiger partial charge is 0.371 e. The van der Waals surface area contributed by atoms with Crippen molar-refractivity contribution >= 4 is 28.7 Å². The maximum atomic E-state index is 13.0. The van der Waals surface area contributed by atoms with Gasteiger partial charge < -0.3 is 5.32 Å². The summed E-state index contributed by atoms with van der Waals surface area (Å²) in [5.41, 5.74) is 1.08. The van der Waals surface area contributed by atoms with Gasteiger partial charge in [0, 0.05) is 17.6 Å². The van der Waals surface area contributed by atoms with Crippen molar-refractivity contribution < 1.29 is 13.2 Å². The molecule has 2 aromatic heterocycles. The summed E-state index contributed by atoms with van der Waals surface area (Å²) < 4.78 is 40.5. The fourth-order valence-corrected chi connectivity index (χ4v) is 2.60. The van der Waals surface area contributed by atoms with Crippen LogP contribution in [0.15, 0.2) is 35.5 Å². The van der Waals surface area contributed by atoms with Crippen molar-refractivity contribution in [2.24, 2.45) is 0 Å². The van der Waals surface area contributed by atoms with E-state index in [0.29, 0.717) is 5.69 Å². The first-order valence-electron chi connectivity index (χ1n) is 6.58. The van der Waals surface area contributed by atoms with Gasteiger partial charge in [-0.25, -0.2) is 15.0 Å². The Kier molecular flexibility index (Phi) is 3.88. The molecular formula is C14H12F3N5S. The fourth-order valence-electron chi connectivity index (χ4n) is 2.15. The molecule has 1 N–H and O–H groups in total. The number of fused-ring (bicyclic) bond motifs is 1. The number of benzene rings is 1. The lowest BCUT2D eigenvalue weighted by Crippen LogP contribution is -2.13. The Morgan fingerprint density at radius 2 is 2.00 bits per heavy atom. The van der Waals surface area contributed by atoms with Crippen LogP contribution in [0.25, 0.3) is 16.9 Å². The highest BCUT2D eigenvalue weighted by Gasteiger charge is 2.36. The van der Waals surface area contributed by atoms with Crippen LogP contribution in [0.3, 0.4) is 0 Å². The van der Waals surface area contributed by atoms with Crippen LogP contribution in [-0.2, 0) is 6.18 Å². The van der Waals surface area contributed by atoms with Gasteiger partial charge in [-0.15, -0.1) is 11.8 Å². The van der Waals surface area contributed by atoms with Crippen LogP contribution in [0.4, 0.5) is 19.0 Å². The number of aromatic nitrogens is 4. The van der Waals surface area contributed by atoms with E-state index in [0.717, 1.165) is 4.90 Å². The van der Waals surface area contributed by atoms with E-state index in [1.165, 1.54) is 17.9 Å². The number of hydrogen-bond acceptors (Lipinski definition) is 5. The molecule has 120 valence electrons. The minimum atomic E-state index is -4.63. The molecule has 1 aromatic carbocycles. The maximum Gasteiger partial charge on any atom is 0.451 e. The van der Waals surface area contributed by atoms with Crippen molar-refractivity contribution in [1.29, 1.82) is 0 Å². The van der Waals surface area contributed by atoms with Crippen molar-refractivity contribution in [2.45, 2.75) is 11.1 Å². The standard InChI is InChI=1S/C14H12F3N5S/c1-18-11-10-12(21-13(20-11)14(15,16)17)22(7-19-10)8-4-3-5-9(6-8)23-2/h3-7H,1-2H3,(H,18,20,21). The van der Waals surface area contributed by atoms with E-state index >= 15 is 0 Å². The van der Waals surface area contributed by atoms with E-state index in [4.69, 9.17) is 0 Å². The van der Waals surface area contributed by atoms with Gasteiger partial charge in [0.15, 0.2) is 17.0 Å². The van der Waals surface area contributed by atoms with Gasteiger partial charge in [0.25, 0.3) is 0 Å². The van der Waals surface area contributed by atoms with Gasteiger partial charge in [0.05, 0.1) is 0 Å². The number of imidazole rings is 1. The largest absolute Gasteiger partial charge is 0.451 e. The average molecular weight is 339 g/mol. The summed E-state index contributed by atoms with van der Waals surface area (Å²) in [7, 11) is 1.50. The summed E-state index contributed by atoms with van der Waals surface area (Å²) in [5, 5.41) is 2.64. The lowest BCUT2D eigenvalue weighted by molar-refractivity contribution is -0.144. The minimum Gasteiger partial charge on any atom is -0.371 e. The van der Waals surface area contributed by atoms with Gasteiger partial charge in [0.2, 0.25) is 5.82 Å². The van der Waals surface area contributed by atoms with Crippen molar-refractivity contribution in [3.63, 3.8) is 0 Å². The quantitative estimate of drug-likeness (QED) is 0.739. The summed E-state index contributed by atoms with van der Waals surface area (Å²) in [5.74, 6) is -1.15. The van der Waals surface area contributed by atoms with Crippen LogP contribution in [0.5, 0.6) is 0 Å². The topological polar surface area (TPSA) is 55.6 Å². The number of nitrogens with one attached hydrogen (secondary N) is 1. The Hall–Kier alpha value is -2.29. The highest BCUT2D eigenvalue weighted by atomic mass is 32.2. The third kappa shape index (κ3) is 2.83. The molecule has 0 unspecified atom stereocenters. The fraction of sp³-hybridized carbons (Fsp3) is 0.214. The van der Waals surface area contributed by atoms with Crippen molar-refractivity contribution in [1.82, 2.24) is 19.5 Å². The number of thioether (sulfide) groups is 1. The molecule has 0 saturated heterocycles. The van der Waals surface area contributed by atoms with Crippen molar-refractivity contribution in [3.05, 3.63) is 36.4 Å². The van der Waals surface area contributed by atoms with Crippen LogP contribution in [-0.4, -0.2) is 32.8 Å². The monoisotopic (exact) mass is 339 g/mol. The summed E-state index contributed by atoms with van der Waals surface area (Å²) in [6.07, 6.45) is -1.26. The molecule has 2 heterocycles. The SMILES string of the molecule is CNc1nc(C(F)(F)F)nc2c1ncn2-c1cccc(SC)c1. The average Bonchev–Trinajstić information content (AvgIpc) is 2.97. The van der Waals surface area contributed by atoms with E-state index in [-0.39, 0.29) is 17.0 Å². The molecule has 0 aliphatic rings. The zero-order valence-electron chi connectivity index (χ0n) is 12.2. The molecule has 3 rings (SSSR count). The lowest BCUT2D eigenvalue weighted by atomic mass is 10.3. The predicted molar refractivity (Wildman–Crippen MR) is 83.0 cm³/mol. The third-order valence-corrected chi connectivity index (χ3v) is 3.94. The second-order valence-electron chi connectivity index (χ2n) is 4.63. The highest BCUT2D eigenvalue weighted by Crippen LogP contribution is 2.30. The Labute approximate surface area is 134 Å². The zero-order chi connectivity index (χ0) is 16.6. The van der Waals surface area contributed by atoms with Gasteiger partial charge in [-0.1, -0.05) is 6.07 Å². The Balaban J connectivity index is 2.26. The number of halogens is 3. The number of rotatable bonds is 3. The molecule has 5 nitrogen and oxygen atoms in total. The molecule has 0 fully saturated rings. The van der Waals surface area contributed by atoms with Gasteiger partial charge >= 0.3 is 6.18 Å². The number of hydrogen-bond donors (Lipinski definition) is 1. The summed E-state index contributed by atoms with van der Waals surface area (Å²) in [6, 6.07) is 7.40. The Morgan fingerprint density at radius 1 is 1.22 bits per heavy atom. The van der Waals surface area contributed by atoms with Crippen molar-refractivity contribution in [2.75, 3.05) is 18.6 Å². The molecule has 0 aliphatic heterocycles. The molecule has 23 heavy (non-hydrogen) atoms. The molecule has 0 amide bonds. The first-order chi connectivity index (χ1) is 10.9. The predicted octanol–water partition coefficient (Wildman–Crippen LogP) is 3.60. The zero-order valence-corrected chi connectivity index (χ0v) is 13.0. The molecular weight excluding hydrogens is 327 g/mol. The summed E-state index contributed by atoms with van der Waals surface area (Å²) in [4.78, 5) is 12.3. The molecule has 9 heteroatoms. The first kappa shape index (κ1) is 15.6. The highest BCUT2D eigenvalue weighted by molar-refractivity contribution is 7.98. The van der Waals surface area contributed by atoms with Gasteiger partial charge in [-0.05, 0) is 24.5 Å². The second-order valence-corrected chi connectivity index (χ2v) is 5.51. The number of alkyl halides is 3. The minimum absolute atomic E-state index is 0.0436. The van der Waals surface area contributed by atoms with Crippen LogP contribution in [0.2, 0.25) is 0 Å². The summed E-state index contributed by atoms with van der Waals surface area (Å²) >= 11 is 1.54. The van der Waals surface area contributed by atoms with Crippen LogP contribution in [0, 0.1) is 0 Å². The second kappa shape index (κ2) is 5.73. The summed E-state index contributed by atoms with van der Waals surface area (Å²) in [6.45, 7) is 0. The normalized spacial score (nSPS) is 11.9. The number of nitrogens with zero attached hydrogens (tertiary/aromatic N) is 4. The van der Waals surface area contributed by atoms with Gasteiger partial charge in [0.1, 0.15) is 6.33 Å². The molecule has 0 atom stereocenters. The van der Waals surface area contributed by atoms with E-state index in [2.05, 4.69) is 20.3 Å². The molecule has 0 saturated carbocycles. The third-order valence-electron chi connectivity index (χ3n) is 3.22. The molecule has 0 bridgehead atoms.